The number of para-hydroxylation sites is 1. The minimum Gasteiger partial charge on any atom is -0.507 e. The number of thiol groups is 1. The second-order valence-electron chi connectivity index (χ2n) is 2.29. The van der Waals surface area contributed by atoms with E-state index in [0.717, 1.165) is 12.2 Å². The maximum absolute atomic E-state index is 9.29. The molecule has 0 saturated heterocycles. The zero-order chi connectivity index (χ0) is 8.81. The van der Waals surface area contributed by atoms with Crippen LogP contribution in [-0.4, -0.2) is 10.9 Å². The molecule has 1 N–H and O–H groups in total. The standard InChI is InChI=1S/C10H10OS/c11-10-7-2-1-5-9(10)6-3-4-8-12/h1-2,5,7,11-12H,4,8H2. The fraction of sp³-hybridized carbons (Fsp3) is 0.200. The van der Waals surface area contributed by atoms with Crippen molar-refractivity contribution in [1.29, 1.82) is 0 Å². The summed E-state index contributed by atoms with van der Waals surface area (Å²) in [5.74, 6) is 6.76. The van der Waals surface area contributed by atoms with Gasteiger partial charge in [0.2, 0.25) is 0 Å². The van der Waals surface area contributed by atoms with E-state index >= 15 is 0 Å². The van der Waals surface area contributed by atoms with E-state index < -0.39 is 0 Å². The Labute approximate surface area is 77.8 Å². The fourth-order valence-electron chi connectivity index (χ4n) is 0.793. The van der Waals surface area contributed by atoms with Crippen LogP contribution in [0.2, 0.25) is 0 Å². The lowest BCUT2D eigenvalue weighted by Gasteiger charge is -1.92. The minimum absolute atomic E-state index is 0.240. The molecule has 0 saturated carbocycles. The van der Waals surface area contributed by atoms with Crippen molar-refractivity contribution in [3.63, 3.8) is 0 Å². The zero-order valence-corrected chi connectivity index (χ0v) is 7.51. The maximum Gasteiger partial charge on any atom is 0.131 e. The van der Waals surface area contributed by atoms with Gasteiger partial charge in [0.25, 0.3) is 0 Å². The Morgan fingerprint density at radius 1 is 1.33 bits per heavy atom. The molecule has 0 aliphatic rings. The lowest BCUT2D eigenvalue weighted by Crippen LogP contribution is -1.75. The van der Waals surface area contributed by atoms with Crippen LogP contribution in [0.4, 0.5) is 0 Å². The van der Waals surface area contributed by atoms with Crippen LogP contribution in [0, 0.1) is 11.8 Å². The van der Waals surface area contributed by atoms with Crippen molar-refractivity contribution >= 4 is 12.6 Å². The van der Waals surface area contributed by atoms with Gasteiger partial charge >= 0.3 is 0 Å². The molecule has 0 radical (unpaired) electrons. The number of hydrogen-bond donors (Lipinski definition) is 2. The summed E-state index contributed by atoms with van der Waals surface area (Å²) in [6, 6.07) is 7.05. The normalized spacial score (nSPS) is 8.75. The van der Waals surface area contributed by atoms with E-state index in [2.05, 4.69) is 24.5 Å². The summed E-state index contributed by atoms with van der Waals surface area (Å²) in [7, 11) is 0. The van der Waals surface area contributed by atoms with E-state index in [9.17, 15) is 5.11 Å². The lowest BCUT2D eigenvalue weighted by molar-refractivity contribution is 0.473. The van der Waals surface area contributed by atoms with E-state index in [4.69, 9.17) is 0 Å². The highest BCUT2D eigenvalue weighted by Gasteiger charge is 1.92. The summed E-state index contributed by atoms with van der Waals surface area (Å²) >= 11 is 4.03. The highest BCUT2D eigenvalue weighted by Crippen LogP contribution is 2.13. The second kappa shape index (κ2) is 4.74. The fourth-order valence-corrected chi connectivity index (χ4v) is 0.905. The van der Waals surface area contributed by atoms with Crippen molar-refractivity contribution in [1.82, 2.24) is 0 Å². The van der Waals surface area contributed by atoms with E-state index in [-0.39, 0.29) is 5.75 Å². The van der Waals surface area contributed by atoms with Crippen LogP contribution >= 0.6 is 12.6 Å². The molecular weight excluding hydrogens is 168 g/mol. The Bertz CT molecular complexity index is 309. The molecule has 0 aromatic heterocycles. The first-order valence-corrected chi connectivity index (χ1v) is 4.35. The van der Waals surface area contributed by atoms with Gasteiger partial charge in [0.05, 0.1) is 5.56 Å². The molecule has 12 heavy (non-hydrogen) atoms. The van der Waals surface area contributed by atoms with Gasteiger partial charge in [0, 0.05) is 12.2 Å². The Morgan fingerprint density at radius 2 is 2.08 bits per heavy atom. The quantitative estimate of drug-likeness (QED) is 0.498. The topological polar surface area (TPSA) is 20.2 Å². The molecule has 1 aromatic carbocycles. The van der Waals surface area contributed by atoms with Crippen molar-refractivity contribution < 1.29 is 5.11 Å². The highest BCUT2D eigenvalue weighted by molar-refractivity contribution is 7.80. The summed E-state index contributed by atoms with van der Waals surface area (Å²) in [6.07, 6.45) is 0.747. The molecule has 0 atom stereocenters. The molecule has 1 nitrogen and oxygen atoms in total. The van der Waals surface area contributed by atoms with Crippen molar-refractivity contribution in [2.24, 2.45) is 0 Å². The van der Waals surface area contributed by atoms with Crippen molar-refractivity contribution in [3.05, 3.63) is 29.8 Å². The van der Waals surface area contributed by atoms with Crippen LogP contribution in [0.1, 0.15) is 12.0 Å². The van der Waals surface area contributed by atoms with Crippen LogP contribution in [0.15, 0.2) is 24.3 Å². The summed E-state index contributed by atoms with van der Waals surface area (Å²) < 4.78 is 0. The number of phenolic OH excluding ortho intramolecular Hbond substituents is 1. The van der Waals surface area contributed by atoms with Gasteiger partial charge in [0.15, 0.2) is 0 Å². The van der Waals surface area contributed by atoms with Gasteiger partial charge in [-0.3, -0.25) is 0 Å². The third kappa shape index (κ3) is 2.52. The number of rotatable bonds is 1. The largest absolute Gasteiger partial charge is 0.507 e. The monoisotopic (exact) mass is 178 g/mol. The number of aromatic hydroxyl groups is 1. The number of benzene rings is 1. The summed E-state index contributed by atoms with van der Waals surface area (Å²) in [5, 5.41) is 9.29. The van der Waals surface area contributed by atoms with Gasteiger partial charge in [0.1, 0.15) is 5.75 Å². The van der Waals surface area contributed by atoms with E-state index in [1.807, 2.05) is 6.07 Å². The zero-order valence-electron chi connectivity index (χ0n) is 6.62. The van der Waals surface area contributed by atoms with Gasteiger partial charge in [-0.1, -0.05) is 24.0 Å². The van der Waals surface area contributed by atoms with E-state index in [1.54, 1.807) is 18.2 Å². The molecule has 0 spiro atoms. The first kappa shape index (κ1) is 9.02. The van der Waals surface area contributed by atoms with Crippen molar-refractivity contribution in [2.75, 3.05) is 5.75 Å². The third-order valence-corrected chi connectivity index (χ3v) is 1.59. The molecule has 1 aromatic rings. The second-order valence-corrected chi connectivity index (χ2v) is 2.74. The molecule has 0 unspecified atom stereocenters. The van der Waals surface area contributed by atoms with Gasteiger partial charge in [-0.2, -0.15) is 12.6 Å². The Morgan fingerprint density at radius 3 is 2.75 bits per heavy atom. The predicted molar refractivity (Wildman–Crippen MR) is 53.5 cm³/mol. The summed E-state index contributed by atoms with van der Waals surface area (Å²) in [5.41, 5.74) is 0.680. The highest BCUT2D eigenvalue weighted by atomic mass is 32.1. The molecule has 0 amide bonds. The SMILES string of the molecule is Oc1ccccc1C#CCCS. The van der Waals surface area contributed by atoms with Gasteiger partial charge in [-0.15, -0.1) is 0 Å². The first-order chi connectivity index (χ1) is 5.84. The van der Waals surface area contributed by atoms with Crippen molar-refractivity contribution in [3.8, 4) is 17.6 Å². The molecule has 1 rings (SSSR count). The Hall–Kier alpha value is -1.07. The molecule has 0 bridgehead atoms. The number of hydrogen-bond acceptors (Lipinski definition) is 2. The van der Waals surface area contributed by atoms with Crippen LogP contribution in [0.3, 0.4) is 0 Å². The Kier molecular flexibility index (Phi) is 3.56. The summed E-state index contributed by atoms with van der Waals surface area (Å²) in [6.45, 7) is 0. The molecule has 0 fully saturated rings. The lowest BCUT2D eigenvalue weighted by atomic mass is 10.2. The number of phenols is 1. The minimum atomic E-state index is 0.240. The van der Waals surface area contributed by atoms with E-state index in [1.165, 1.54) is 0 Å². The predicted octanol–water partition coefficient (Wildman–Crippen LogP) is 2.06. The molecular formula is C10H10OS. The smallest absolute Gasteiger partial charge is 0.131 e. The Balaban J connectivity index is 2.77. The van der Waals surface area contributed by atoms with Gasteiger partial charge in [-0.25, -0.2) is 0 Å². The van der Waals surface area contributed by atoms with Crippen molar-refractivity contribution in [2.45, 2.75) is 6.42 Å². The first-order valence-electron chi connectivity index (χ1n) is 3.72. The van der Waals surface area contributed by atoms with Crippen LogP contribution in [0.25, 0.3) is 0 Å². The molecule has 0 heterocycles. The molecule has 62 valence electrons. The summed E-state index contributed by atoms with van der Waals surface area (Å²) in [4.78, 5) is 0. The molecule has 0 aliphatic heterocycles. The third-order valence-electron chi connectivity index (χ3n) is 1.36. The average molecular weight is 178 g/mol. The van der Waals surface area contributed by atoms with Gasteiger partial charge in [-0.05, 0) is 12.1 Å². The van der Waals surface area contributed by atoms with E-state index in [0.29, 0.717) is 5.56 Å². The van der Waals surface area contributed by atoms with Crippen LogP contribution in [-0.2, 0) is 0 Å². The maximum atomic E-state index is 9.29. The molecule has 0 aliphatic carbocycles. The van der Waals surface area contributed by atoms with Crippen LogP contribution in [0.5, 0.6) is 5.75 Å². The average Bonchev–Trinajstić information content (AvgIpc) is 2.09. The van der Waals surface area contributed by atoms with Crippen LogP contribution < -0.4 is 0 Å². The van der Waals surface area contributed by atoms with Gasteiger partial charge < -0.3 is 5.11 Å². The molecule has 2 heteroatoms.